The number of ether oxygens (including phenoxy) is 2. The van der Waals surface area contributed by atoms with E-state index < -0.39 is 0 Å². The average Bonchev–Trinajstić information content (AvgIpc) is 3.00. The molecule has 6 nitrogen and oxygen atoms in total. The SMILES string of the molecule is COc1cc(/C=C(\C#N)c2nc3sc(C)c(C)c3c(=O)[nH]2)ccc1OCCC(C)C. The summed E-state index contributed by atoms with van der Waals surface area (Å²) in [5.41, 5.74) is 1.72. The Hall–Kier alpha value is -3.11. The predicted molar refractivity (Wildman–Crippen MR) is 121 cm³/mol. The second kappa shape index (κ2) is 9.14. The fraction of sp³-hybridized carbons (Fsp3) is 0.348. The maximum absolute atomic E-state index is 12.5. The van der Waals surface area contributed by atoms with Gasteiger partial charge in [0.25, 0.3) is 5.56 Å². The largest absolute Gasteiger partial charge is 0.493 e. The number of aromatic nitrogens is 2. The molecular formula is C23H25N3O3S. The summed E-state index contributed by atoms with van der Waals surface area (Å²) in [6, 6.07) is 7.62. The van der Waals surface area contributed by atoms with Crippen LogP contribution in [-0.4, -0.2) is 23.7 Å². The number of fused-ring (bicyclic) bond motifs is 1. The van der Waals surface area contributed by atoms with E-state index in [2.05, 4.69) is 29.9 Å². The van der Waals surface area contributed by atoms with Gasteiger partial charge in [-0.3, -0.25) is 4.79 Å². The highest BCUT2D eigenvalue weighted by Crippen LogP contribution is 2.30. The molecule has 0 fully saturated rings. The maximum atomic E-state index is 12.5. The van der Waals surface area contributed by atoms with Crippen molar-refractivity contribution in [3.63, 3.8) is 0 Å². The number of benzene rings is 1. The molecule has 0 aliphatic carbocycles. The number of nitriles is 1. The summed E-state index contributed by atoms with van der Waals surface area (Å²) < 4.78 is 11.3. The lowest BCUT2D eigenvalue weighted by molar-refractivity contribution is 0.273. The van der Waals surface area contributed by atoms with Crippen LogP contribution >= 0.6 is 11.3 Å². The van der Waals surface area contributed by atoms with Crippen LogP contribution in [0, 0.1) is 31.1 Å². The van der Waals surface area contributed by atoms with E-state index in [1.54, 1.807) is 19.3 Å². The first-order valence-corrected chi connectivity index (χ1v) is 10.6. The molecule has 0 saturated carbocycles. The highest BCUT2D eigenvalue weighted by Gasteiger charge is 2.14. The fourth-order valence-corrected chi connectivity index (χ4v) is 4.03. The highest BCUT2D eigenvalue weighted by molar-refractivity contribution is 7.18. The molecule has 0 saturated heterocycles. The number of methoxy groups -OCH3 is 1. The summed E-state index contributed by atoms with van der Waals surface area (Å²) in [6.07, 6.45) is 2.63. The fourth-order valence-electron chi connectivity index (χ4n) is 3.00. The van der Waals surface area contributed by atoms with Gasteiger partial charge < -0.3 is 14.5 Å². The van der Waals surface area contributed by atoms with Crippen molar-refractivity contribution in [2.24, 2.45) is 5.92 Å². The molecule has 3 aromatic rings. The van der Waals surface area contributed by atoms with Crippen molar-refractivity contribution in [2.75, 3.05) is 13.7 Å². The molecule has 0 unspecified atom stereocenters. The minimum atomic E-state index is -0.232. The number of aromatic amines is 1. The topological polar surface area (TPSA) is 88.0 Å². The Bertz CT molecular complexity index is 1200. The third-order valence-corrected chi connectivity index (χ3v) is 5.97. The summed E-state index contributed by atoms with van der Waals surface area (Å²) in [4.78, 5) is 21.5. The minimum absolute atomic E-state index is 0.232. The zero-order chi connectivity index (χ0) is 21.8. The maximum Gasteiger partial charge on any atom is 0.260 e. The number of nitrogens with one attached hydrogen (secondary N) is 1. The molecule has 2 aromatic heterocycles. The van der Waals surface area contributed by atoms with E-state index >= 15 is 0 Å². The van der Waals surface area contributed by atoms with Crippen LogP contribution in [0.25, 0.3) is 21.9 Å². The average molecular weight is 424 g/mol. The summed E-state index contributed by atoms with van der Waals surface area (Å²) in [6.45, 7) is 8.76. The van der Waals surface area contributed by atoms with Gasteiger partial charge in [0.15, 0.2) is 17.3 Å². The van der Waals surface area contributed by atoms with Crippen LogP contribution in [-0.2, 0) is 0 Å². The monoisotopic (exact) mass is 423 g/mol. The number of hydrogen-bond donors (Lipinski definition) is 1. The number of rotatable bonds is 7. The van der Waals surface area contributed by atoms with Gasteiger partial charge in [-0.1, -0.05) is 19.9 Å². The van der Waals surface area contributed by atoms with Crippen LogP contribution in [0.5, 0.6) is 11.5 Å². The zero-order valence-corrected chi connectivity index (χ0v) is 18.6. The lowest BCUT2D eigenvalue weighted by Gasteiger charge is -2.12. The van der Waals surface area contributed by atoms with E-state index in [1.807, 2.05) is 26.0 Å². The Kier molecular flexibility index (Phi) is 6.58. The van der Waals surface area contributed by atoms with Crippen molar-refractivity contribution < 1.29 is 9.47 Å². The number of allylic oxidation sites excluding steroid dienone is 1. The van der Waals surface area contributed by atoms with E-state index in [-0.39, 0.29) is 17.0 Å². The molecule has 0 atom stereocenters. The molecule has 1 aromatic carbocycles. The molecule has 3 rings (SSSR count). The van der Waals surface area contributed by atoms with Crippen molar-refractivity contribution in [3.05, 3.63) is 50.4 Å². The Morgan fingerprint density at radius 3 is 2.77 bits per heavy atom. The van der Waals surface area contributed by atoms with E-state index in [1.165, 1.54) is 11.3 Å². The third-order valence-electron chi connectivity index (χ3n) is 4.87. The number of thiophene rings is 1. The first-order chi connectivity index (χ1) is 14.3. The molecule has 1 N–H and O–H groups in total. The van der Waals surface area contributed by atoms with Gasteiger partial charge in [-0.25, -0.2) is 4.98 Å². The highest BCUT2D eigenvalue weighted by atomic mass is 32.1. The lowest BCUT2D eigenvalue weighted by atomic mass is 10.1. The first-order valence-electron chi connectivity index (χ1n) is 9.77. The van der Waals surface area contributed by atoms with Crippen LogP contribution in [0.3, 0.4) is 0 Å². The van der Waals surface area contributed by atoms with Crippen molar-refractivity contribution in [3.8, 4) is 17.6 Å². The van der Waals surface area contributed by atoms with E-state index in [0.717, 1.165) is 22.4 Å². The van der Waals surface area contributed by atoms with Crippen LogP contribution in [0.1, 0.15) is 42.1 Å². The van der Waals surface area contributed by atoms with Crippen molar-refractivity contribution >= 4 is 33.2 Å². The molecule has 0 bridgehead atoms. The van der Waals surface area contributed by atoms with Gasteiger partial charge in [-0.15, -0.1) is 11.3 Å². The molecule has 156 valence electrons. The molecule has 0 radical (unpaired) electrons. The Balaban J connectivity index is 1.95. The Morgan fingerprint density at radius 1 is 1.33 bits per heavy atom. The standard InChI is InChI=1S/C23H25N3O3S/c1-13(2)8-9-29-18-7-6-16(11-19(18)28-5)10-17(12-24)21-25-22(27)20-14(3)15(4)30-23(20)26-21/h6-7,10-11,13H,8-9H2,1-5H3,(H,25,26,27)/b17-10+. The molecule has 7 heteroatoms. The predicted octanol–water partition coefficient (Wildman–Crippen LogP) is 5.10. The third kappa shape index (κ3) is 4.55. The van der Waals surface area contributed by atoms with E-state index in [0.29, 0.717) is 34.2 Å². The summed E-state index contributed by atoms with van der Waals surface area (Å²) in [5, 5.41) is 10.3. The van der Waals surface area contributed by atoms with Crippen LogP contribution in [0.2, 0.25) is 0 Å². The second-order valence-electron chi connectivity index (χ2n) is 7.49. The summed E-state index contributed by atoms with van der Waals surface area (Å²) >= 11 is 1.45. The number of hydrogen-bond acceptors (Lipinski definition) is 6. The van der Waals surface area contributed by atoms with Gasteiger partial charge >= 0.3 is 0 Å². The molecule has 0 spiro atoms. The zero-order valence-electron chi connectivity index (χ0n) is 17.8. The molecular weight excluding hydrogens is 398 g/mol. The Labute approximate surface area is 179 Å². The second-order valence-corrected chi connectivity index (χ2v) is 8.69. The normalized spacial score (nSPS) is 11.7. The quantitative estimate of drug-likeness (QED) is 0.534. The van der Waals surface area contributed by atoms with Gasteiger partial charge in [0.2, 0.25) is 0 Å². The van der Waals surface area contributed by atoms with E-state index in [9.17, 15) is 10.1 Å². The van der Waals surface area contributed by atoms with Gasteiger partial charge in [-0.05, 0) is 55.5 Å². The van der Waals surface area contributed by atoms with Crippen molar-refractivity contribution in [1.82, 2.24) is 9.97 Å². The van der Waals surface area contributed by atoms with Gasteiger partial charge in [0.05, 0.1) is 24.7 Å². The van der Waals surface area contributed by atoms with Crippen molar-refractivity contribution in [1.29, 1.82) is 5.26 Å². The van der Waals surface area contributed by atoms with Crippen LogP contribution < -0.4 is 15.0 Å². The molecule has 30 heavy (non-hydrogen) atoms. The van der Waals surface area contributed by atoms with Crippen molar-refractivity contribution in [2.45, 2.75) is 34.1 Å². The van der Waals surface area contributed by atoms with Gasteiger partial charge in [-0.2, -0.15) is 5.26 Å². The number of nitrogens with zero attached hydrogens (tertiary/aromatic N) is 2. The smallest absolute Gasteiger partial charge is 0.260 e. The van der Waals surface area contributed by atoms with Gasteiger partial charge in [0, 0.05) is 4.88 Å². The Morgan fingerprint density at radius 2 is 2.10 bits per heavy atom. The van der Waals surface area contributed by atoms with Crippen LogP contribution in [0.15, 0.2) is 23.0 Å². The lowest BCUT2D eigenvalue weighted by Crippen LogP contribution is -2.10. The van der Waals surface area contributed by atoms with E-state index in [4.69, 9.17) is 9.47 Å². The molecule has 0 aliphatic rings. The minimum Gasteiger partial charge on any atom is -0.493 e. The summed E-state index contributed by atoms with van der Waals surface area (Å²) in [5.74, 6) is 2.06. The molecule has 0 aliphatic heterocycles. The molecule has 2 heterocycles. The first kappa shape index (κ1) is 21.6. The van der Waals surface area contributed by atoms with Crippen LogP contribution in [0.4, 0.5) is 0 Å². The van der Waals surface area contributed by atoms with Gasteiger partial charge in [0.1, 0.15) is 10.9 Å². The summed E-state index contributed by atoms with van der Waals surface area (Å²) in [7, 11) is 1.58. The number of H-pyrrole nitrogens is 1. The number of aryl methyl sites for hydroxylation is 2. The molecule has 0 amide bonds.